The first-order valence-electron chi connectivity index (χ1n) is 7.01. The molecule has 0 aliphatic carbocycles. The molecule has 3 N–H and O–H groups in total. The molecule has 1 unspecified atom stereocenters. The molecule has 0 aliphatic heterocycles. The van der Waals surface area contributed by atoms with Gasteiger partial charge in [0, 0.05) is 12.1 Å². The first-order valence-corrected chi connectivity index (χ1v) is 7.01. The van der Waals surface area contributed by atoms with Crippen molar-refractivity contribution in [3.05, 3.63) is 35.4 Å². The van der Waals surface area contributed by atoms with Gasteiger partial charge in [0.2, 0.25) is 0 Å². The molecule has 1 atom stereocenters. The van der Waals surface area contributed by atoms with Crippen molar-refractivity contribution in [1.82, 2.24) is 5.43 Å². The Morgan fingerprint density at radius 3 is 2.00 bits per heavy atom. The molecule has 108 valence electrons. The largest absolute Gasteiger partial charge is 0.271 e. The van der Waals surface area contributed by atoms with Crippen molar-refractivity contribution < 1.29 is 8.78 Å². The van der Waals surface area contributed by atoms with Crippen LogP contribution in [0.15, 0.2) is 18.2 Å². The number of nitrogens with one attached hydrogen (secondary N) is 1. The van der Waals surface area contributed by atoms with E-state index < -0.39 is 11.6 Å². The van der Waals surface area contributed by atoms with E-state index in [0.29, 0.717) is 17.9 Å². The van der Waals surface area contributed by atoms with Crippen LogP contribution in [0.4, 0.5) is 8.78 Å². The number of hydrazine groups is 1. The van der Waals surface area contributed by atoms with E-state index in [-0.39, 0.29) is 6.04 Å². The van der Waals surface area contributed by atoms with Gasteiger partial charge >= 0.3 is 0 Å². The van der Waals surface area contributed by atoms with Crippen LogP contribution < -0.4 is 11.3 Å². The second-order valence-electron chi connectivity index (χ2n) is 5.09. The molecule has 0 spiro atoms. The van der Waals surface area contributed by atoms with Crippen LogP contribution in [0.1, 0.15) is 45.1 Å². The SMILES string of the molecule is CCCC(CCC)C(Cc1cc(F)cc(F)c1)NN. The van der Waals surface area contributed by atoms with Crippen molar-refractivity contribution in [3.63, 3.8) is 0 Å². The summed E-state index contributed by atoms with van der Waals surface area (Å²) in [4.78, 5) is 0. The zero-order valence-electron chi connectivity index (χ0n) is 11.8. The van der Waals surface area contributed by atoms with Gasteiger partial charge in [0.25, 0.3) is 0 Å². The molecule has 0 amide bonds. The summed E-state index contributed by atoms with van der Waals surface area (Å²) >= 11 is 0. The summed E-state index contributed by atoms with van der Waals surface area (Å²) in [6.07, 6.45) is 4.86. The molecule has 0 saturated heterocycles. The van der Waals surface area contributed by atoms with E-state index in [9.17, 15) is 8.78 Å². The number of halogens is 2. The number of rotatable bonds is 8. The lowest BCUT2D eigenvalue weighted by molar-refractivity contribution is 0.311. The van der Waals surface area contributed by atoms with Crippen LogP contribution in [0.25, 0.3) is 0 Å². The Morgan fingerprint density at radius 2 is 1.58 bits per heavy atom. The maximum absolute atomic E-state index is 13.2. The first-order chi connectivity index (χ1) is 9.10. The van der Waals surface area contributed by atoms with E-state index in [1.807, 2.05) is 0 Å². The molecule has 0 heterocycles. The minimum atomic E-state index is -0.534. The maximum atomic E-state index is 13.2. The van der Waals surface area contributed by atoms with Crippen LogP contribution in [0.3, 0.4) is 0 Å². The highest BCUT2D eigenvalue weighted by molar-refractivity contribution is 5.19. The Labute approximate surface area is 114 Å². The van der Waals surface area contributed by atoms with E-state index in [1.165, 1.54) is 12.1 Å². The summed E-state index contributed by atoms with van der Waals surface area (Å²) < 4.78 is 26.4. The van der Waals surface area contributed by atoms with Crippen molar-refractivity contribution in [1.29, 1.82) is 0 Å². The Morgan fingerprint density at radius 1 is 1.05 bits per heavy atom. The van der Waals surface area contributed by atoms with Crippen molar-refractivity contribution in [2.75, 3.05) is 0 Å². The fraction of sp³-hybridized carbons (Fsp3) is 0.600. The Hall–Kier alpha value is -1.00. The van der Waals surface area contributed by atoms with Gasteiger partial charge in [-0.25, -0.2) is 8.78 Å². The highest BCUT2D eigenvalue weighted by Gasteiger charge is 2.19. The van der Waals surface area contributed by atoms with E-state index in [4.69, 9.17) is 5.84 Å². The van der Waals surface area contributed by atoms with Crippen LogP contribution in [0.5, 0.6) is 0 Å². The summed E-state index contributed by atoms with van der Waals surface area (Å²) in [7, 11) is 0. The number of nitrogens with two attached hydrogens (primary N) is 1. The third kappa shape index (κ3) is 5.25. The third-order valence-electron chi connectivity index (χ3n) is 3.48. The summed E-state index contributed by atoms with van der Waals surface area (Å²) in [6.45, 7) is 4.27. The van der Waals surface area contributed by atoms with Crippen LogP contribution in [0, 0.1) is 17.6 Å². The molecule has 1 rings (SSSR count). The topological polar surface area (TPSA) is 38.0 Å². The standard InChI is InChI=1S/C15H24F2N2/c1-3-5-12(6-4-2)15(19-18)9-11-7-13(16)10-14(17)8-11/h7-8,10,12,15,19H,3-6,9,18H2,1-2H3. The van der Waals surface area contributed by atoms with Gasteiger partial charge in [0.1, 0.15) is 11.6 Å². The van der Waals surface area contributed by atoms with E-state index >= 15 is 0 Å². The maximum Gasteiger partial charge on any atom is 0.126 e. The fourth-order valence-electron chi connectivity index (χ4n) is 2.63. The van der Waals surface area contributed by atoms with Crippen LogP contribution in [-0.2, 0) is 6.42 Å². The molecule has 0 aromatic heterocycles. The molecule has 1 aromatic rings. The molecule has 1 aromatic carbocycles. The lowest BCUT2D eigenvalue weighted by Crippen LogP contribution is -2.42. The van der Waals surface area contributed by atoms with Gasteiger partial charge in [-0.3, -0.25) is 11.3 Å². The van der Waals surface area contributed by atoms with Crippen LogP contribution >= 0.6 is 0 Å². The molecule has 0 radical (unpaired) electrons. The van der Waals surface area contributed by atoms with Crippen LogP contribution in [-0.4, -0.2) is 6.04 Å². The van der Waals surface area contributed by atoms with Gasteiger partial charge < -0.3 is 0 Å². The molecule has 4 heteroatoms. The Bertz CT molecular complexity index is 356. The second kappa shape index (κ2) is 8.23. The lowest BCUT2D eigenvalue weighted by Gasteiger charge is -2.26. The average Bonchev–Trinajstić information content (AvgIpc) is 2.34. The molecule has 0 fully saturated rings. The van der Waals surface area contributed by atoms with E-state index in [2.05, 4.69) is 19.3 Å². The fourth-order valence-corrected chi connectivity index (χ4v) is 2.63. The smallest absolute Gasteiger partial charge is 0.126 e. The minimum Gasteiger partial charge on any atom is -0.271 e. The molecule has 0 bridgehead atoms. The number of benzene rings is 1. The quantitative estimate of drug-likeness (QED) is 0.560. The zero-order valence-corrected chi connectivity index (χ0v) is 11.8. The van der Waals surface area contributed by atoms with Gasteiger partial charge in [-0.1, -0.05) is 26.7 Å². The average molecular weight is 270 g/mol. The molecule has 0 saturated carbocycles. The predicted molar refractivity (Wildman–Crippen MR) is 74.5 cm³/mol. The van der Waals surface area contributed by atoms with Crippen LogP contribution in [0.2, 0.25) is 0 Å². The van der Waals surface area contributed by atoms with E-state index in [0.717, 1.165) is 31.7 Å². The van der Waals surface area contributed by atoms with E-state index in [1.54, 1.807) is 0 Å². The second-order valence-corrected chi connectivity index (χ2v) is 5.09. The molecular weight excluding hydrogens is 246 g/mol. The highest BCUT2D eigenvalue weighted by atomic mass is 19.1. The van der Waals surface area contributed by atoms with Gasteiger partial charge in [0.05, 0.1) is 0 Å². The number of hydrogen-bond acceptors (Lipinski definition) is 2. The summed E-state index contributed by atoms with van der Waals surface area (Å²) in [5.41, 5.74) is 3.46. The molecule has 0 aliphatic rings. The van der Waals surface area contributed by atoms with Crippen molar-refractivity contribution in [3.8, 4) is 0 Å². The summed E-state index contributed by atoms with van der Waals surface area (Å²) in [6, 6.07) is 3.70. The van der Waals surface area contributed by atoms with Crippen molar-refractivity contribution in [2.45, 2.75) is 52.0 Å². The lowest BCUT2D eigenvalue weighted by atomic mass is 9.87. The molecule has 19 heavy (non-hydrogen) atoms. The Kier molecular flexibility index (Phi) is 6.95. The van der Waals surface area contributed by atoms with Crippen molar-refractivity contribution >= 4 is 0 Å². The van der Waals surface area contributed by atoms with Crippen molar-refractivity contribution in [2.24, 2.45) is 11.8 Å². The first kappa shape index (κ1) is 16.1. The Balaban J connectivity index is 2.78. The van der Waals surface area contributed by atoms with Gasteiger partial charge in [-0.2, -0.15) is 0 Å². The van der Waals surface area contributed by atoms with Gasteiger partial charge in [-0.05, 0) is 42.9 Å². The normalized spacial score (nSPS) is 12.9. The minimum absolute atomic E-state index is 0.0566. The van der Waals surface area contributed by atoms with Gasteiger partial charge in [-0.15, -0.1) is 0 Å². The molecular formula is C15H24F2N2. The third-order valence-corrected chi connectivity index (χ3v) is 3.48. The number of hydrogen-bond donors (Lipinski definition) is 2. The monoisotopic (exact) mass is 270 g/mol. The summed E-state index contributed by atoms with van der Waals surface area (Å²) in [5, 5.41) is 0. The zero-order chi connectivity index (χ0) is 14.3. The molecule has 2 nitrogen and oxygen atoms in total. The predicted octanol–water partition coefficient (Wildman–Crippen LogP) is 3.56. The van der Waals surface area contributed by atoms with Gasteiger partial charge in [0.15, 0.2) is 0 Å². The highest BCUT2D eigenvalue weighted by Crippen LogP contribution is 2.21. The summed E-state index contributed by atoms with van der Waals surface area (Å²) in [5.74, 6) is 4.99.